The van der Waals surface area contributed by atoms with E-state index in [0.29, 0.717) is 0 Å². The first-order valence-corrected chi connectivity index (χ1v) is 26.6. The second-order valence-electron chi connectivity index (χ2n) is 20.3. The third-order valence-corrected chi connectivity index (χ3v) is 16.0. The second-order valence-corrected chi connectivity index (χ2v) is 20.3. The Kier molecular flexibility index (Phi) is 9.91. The third kappa shape index (κ3) is 6.87. The highest BCUT2D eigenvalue weighted by molar-refractivity contribution is 6.30. The Morgan fingerprint density at radius 1 is 0.218 bits per heavy atom. The Balaban J connectivity index is 0.856. The standard InChI is InChI=1S/C74H46N2O2/c1-3-17-47(18-4-1)48-31-37-53(38-32-48)75(65-45-69-73(62-29-15-13-27-60(62)65)71-56-23-9-7-19-49(56)35-43-67(71)77-69)54-39-33-51(34-40-54)55-41-42-64(59-26-12-11-25-58(55)59)76(52-21-5-2-6-22-52)66-46-70-74(63-30-16-14-28-61(63)66)72-57-24-10-8-20-50(57)36-44-68(72)78-70/h1-46H. The summed E-state index contributed by atoms with van der Waals surface area (Å²) in [5.74, 6) is 0. The number of para-hydroxylation sites is 1. The minimum Gasteiger partial charge on any atom is -0.456 e. The summed E-state index contributed by atoms with van der Waals surface area (Å²) < 4.78 is 13.7. The van der Waals surface area contributed by atoms with Gasteiger partial charge in [0.1, 0.15) is 22.3 Å². The average Bonchev–Trinajstić information content (AvgIpc) is 4.31. The molecule has 0 N–H and O–H groups in total. The van der Waals surface area contributed by atoms with Gasteiger partial charge < -0.3 is 18.6 Å². The number of fused-ring (bicyclic) bond motifs is 15. The zero-order valence-electron chi connectivity index (χ0n) is 42.3. The first-order chi connectivity index (χ1) is 38.7. The molecule has 0 saturated heterocycles. The quantitative estimate of drug-likeness (QED) is 0.152. The lowest BCUT2D eigenvalue weighted by Gasteiger charge is -2.29. The largest absolute Gasteiger partial charge is 0.456 e. The molecule has 0 amide bonds. The van der Waals surface area contributed by atoms with Crippen molar-refractivity contribution in [3.05, 3.63) is 279 Å². The van der Waals surface area contributed by atoms with Gasteiger partial charge in [-0.25, -0.2) is 0 Å². The number of nitrogens with zero attached hydrogens (tertiary/aromatic N) is 2. The van der Waals surface area contributed by atoms with Crippen LogP contribution in [0.25, 0.3) is 120 Å². The number of anilines is 6. The van der Waals surface area contributed by atoms with E-state index in [4.69, 9.17) is 8.83 Å². The van der Waals surface area contributed by atoms with Crippen LogP contribution in [0.5, 0.6) is 0 Å². The molecule has 0 aliphatic heterocycles. The molecule has 16 aromatic rings. The van der Waals surface area contributed by atoms with E-state index in [2.05, 4.69) is 289 Å². The highest BCUT2D eigenvalue weighted by atomic mass is 16.3. The van der Waals surface area contributed by atoms with Crippen LogP contribution in [-0.2, 0) is 0 Å². The number of hydrogen-bond donors (Lipinski definition) is 0. The van der Waals surface area contributed by atoms with Crippen LogP contribution in [0, 0.1) is 0 Å². The second kappa shape index (κ2) is 17.6. The summed E-state index contributed by atoms with van der Waals surface area (Å²) in [5.41, 5.74) is 14.4. The fraction of sp³-hybridized carbons (Fsp3) is 0. The summed E-state index contributed by atoms with van der Waals surface area (Å²) in [6, 6.07) is 101. The van der Waals surface area contributed by atoms with Crippen molar-refractivity contribution >= 4 is 132 Å². The SMILES string of the molecule is c1ccc(-c2ccc(N(c3ccc(-c4ccc(N(c5ccccc5)c5cc6oc7ccc8ccccc8c7c6c6ccccc56)c5ccccc45)cc3)c3cc4oc5ccc6ccccc6c5c4c4ccccc34)cc2)cc1. The molecular formula is C74H46N2O2. The van der Waals surface area contributed by atoms with Gasteiger partial charge in [0.2, 0.25) is 0 Å². The molecule has 0 aliphatic carbocycles. The van der Waals surface area contributed by atoms with Crippen molar-refractivity contribution in [1.29, 1.82) is 0 Å². The number of hydrogen-bond acceptors (Lipinski definition) is 4. The highest BCUT2D eigenvalue weighted by Gasteiger charge is 2.25. The summed E-state index contributed by atoms with van der Waals surface area (Å²) in [6.07, 6.45) is 0. The molecule has 78 heavy (non-hydrogen) atoms. The first kappa shape index (κ1) is 43.9. The molecule has 0 fully saturated rings. The molecule has 14 aromatic carbocycles. The zero-order valence-corrected chi connectivity index (χ0v) is 42.3. The van der Waals surface area contributed by atoms with Crippen molar-refractivity contribution in [3.8, 4) is 22.3 Å². The first-order valence-electron chi connectivity index (χ1n) is 26.6. The maximum atomic E-state index is 6.84. The maximum absolute atomic E-state index is 6.84. The molecule has 0 spiro atoms. The summed E-state index contributed by atoms with van der Waals surface area (Å²) in [6.45, 7) is 0. The lowest BCUT2D eigenvalue weighted by atomic mass is 9.95. The normalized spacial score (nSPS) is 11.8. The topological polar surface area (TPSA) is 32.8 Å². The summed E-state index contributed by atoms with van der Waals surface area (Å²) in [5, 5.41) is 16.2. The Bertz CT molecular complexity index is 5020. The fourth-order valence-corrected chi connectivity index (χ4v) is 12.5. The van der Waals surface area contributed by atoms with Crippen LogP contribution in [-0.4, -0.2) is 0 Å². The molecule has 2 heterocycles. The van der Waals surface area contributed by atoms with Crippen LogP contribution >= 0.6 is 0 Å². The van der Waals surface area contributed by atoms with Gasteiger partial charge in [0.05, 0.1) is 17.1 Å². The lowest BCUT2D eigenvalue weighted by molar-refractivity contribution is 0.669. The van der Waals surface area contributed by atoms with Gasteiger partial charge in [0.15, 0.2) is 0 Å². The van der Waals surface area contributed by atoms with E-state index in [1.165, 1.54) is 27.1 Å². The molecule has 4 heteroatoms. The van der Waals surface area contributed by atoms with Crippen molar-refractivity contribution in [2.75, 3.05) is 9.80 Å². The highest BCUT2D eigenvalue weighted by Crippen LogP contribution is 2.50. The van der Waals surface area contributed by atoms with Gasteiger partial charge in [-0.05, 0) is 115 Å². The van der Waals surface area contributed by atoms with Gasteiger partial charge >= 0.3 is 0 Å². The van der Waals surface area contributed by atoms with Crippen LogP contribution in [0.1, 0.15) is 0 Å². The van der Waals surface area contributed by atoms with Crippen LogP contribution < -0.4 is 9.80 Å². The molecule has 0 atom stereocenters. The molecule has 16 rings (SSSR count). The van der Waals surface area contributed by atoms with E-state index in [1.54, 1.807) is 0 Å². The van der Waals surface area contributed by atoms with Gasteiger partial charge in [-0.15, -0.1) is 0 Å². The molecule has 0 aliphatic rings. The minimum absolute atomic E-state index is 0.854. The molecule has 4 nitrogen and oxygen atoms in total. The van der Waals surface area contributed by atoms with Gasteiger partial charge in [-0.1, -0.05) is 212 Å². The van der Waals surface area contributed by atoms with Crippen molar-refractivity contribution in [2.45, 2.75) is 0 Å². The van der Waals surface area contributed by atoms with E-state index in [1.807, 2.05) is 0 Å². The van der Waals surface area contributed by atoms with E-state index in [0.717, 1.165) is 127 Å². The summed E-state index contributed by atoms with van der Waals surface area (Å²) >= 11 is 0. The van der Waals surface area contributed by atoms with Crippen molar-refractivity contribution < 1.29 is 8.83 Å². The van der Waals surface area contributed by atoms with E-state index in [-0.39, 0.29) is 0 Å². The lowest BCUT2D eigenvalue weighted by Crippen LogP contribution is -2.11. The monoisotopic (exact) mass is 994 g/mol. The van der Waals surface area contributed by atoms with Crippen molar-refractivity contribution in [2.24, 2.45) is 0 Å². The van der Waals surface area contributed by atoms with Crippen molar-refractivity contribution in [3.63, 3.8) is 0 Å². The Labute approximate surface area is 449 Å². The summed E-state index contributed by atoms with van der Waals surface area (Å²) in [7, 11) is 0. The molecule has 0 unspecified atom stereocenters. The molecular weight excluding hydrogens is 949 g/mol. The maximum Gasteiger partial charge on any atom is 0.138 e. The number of furan rings is 2. The van der Waals surface area contributed by atoms with E-state index < -0.39 is 0 Å². The molecule has 0 saturated carbocycles. The molecule has 2 aromatic heterocycles. The zero-order chi connectivity index (χ0) is 51.3. The minimum atomic E-state index is 0.854. The predicted molar refractivity (Wildman–Crippen MR) is 329 cm³/mol. The Morgan fingerprint density at radius 3 is 1.14 bits per heavy atom. The van der Waals surface area contributed by atoms with Gasteiger partial charge in [0.25, 0.3) is 0 Å². The fourth-order valence-electron chi connectivity index (χ4n) is 12.5. The van der Waals surface area contributed by atoms with Crippen LogP contribution in [0.4, 0.5) is 34.1 Å². The van der Waals surface area contributed by atoms with Crippen molar-refractivity contribution in [1.82, 2.24) is 0 Å². The van der Waals surface area contributed by atoms with Gasteiger partial charge in [-0.2, -0.15) is 0 Å². The molecule has 0 radical (unpaired) electrons. The smallest absolute Gasteiger partial charge is 0.138 e. The average molecular weight is 995 g/mol. The van der Waals surface area contributed by atoms with Gasteiger partial charge in [-0.3, -0.25) is 0 Å². The molecule has 0 bridgehead atoms. The van der Waals surface area contributed by atoms with Crippen LogP contribution in [0.15, 0.2) is 288 Å². The molecule has 364 valence electrons. The third-order valence-electron chi connectivity index (χ3n) is 16.0. The number of rotatable bonds is 8. The number of benzene rings is 14. The van der Waals surface area contributed by atoms with Crippen LogP contribution in [0.3, 0.4) is 0 Å². The Hall–Kier alpha value is -10.4. The predicted octanol–water partition coefficient (Wildman–Crippen LogP) is 21.5. The van der Waals surface area contributed by atoms with Gasteiger partial charge in [0, 0.05) is 66.9 Å². The summed E-state index contributed by atoms with van der Waals surface area (Å²) in [4.78, 5) is 4.80. The Morgan fingerprint density at radius 2 is 0.603 bits per heavy atom. The van der Waals surface area contributed by atoms with E-state index in [9.17, 15) is 0 Å². The van der Waals surface area contributed by atoms with E-state index >= 15 is 0 Å². The van der Waals surface area contributed by atoms with Crippen LogP contribution in [0.2, 0.25) is 0 Å².